The molecule has 0 fully saturated rings. The number of aromatic nitrogens is 1. The van der Waals surface area contributed by atoms with Gasteiger partial charge in [-0.2, -0.15) is 0 Å². The second-order valence-electron chi connectivity index (χ2n) is 5.53. The zero-order valence-electron chi connectivity index (χ0n) is 13.4. The second-order valence-corrected chi connectivity index (χ2v) is 6.39. The Kier molecular flexibility index (Phi) is 5.50. The molecule has 0 aliphatic rings. The first kappa shape index (κ1) is 17.1. The molecule has 0 spiro atoms. The third-order valence-corrected chi connectivity index (χ3v) is 4.43. The van der Waals surface area contributed by atoms with E-state index in [0.29, 0.717) is 18.2 Å². The largest absolute Gasteiger partial charge is 0.480 e. The number of nitrogens with zero attached hydrogens (tertiary/aromatic N) is 2. The van der Waals surface area contributed by atoms with Crippen LogP contribution in [0, 0.1) is 0 Å². The fourth-order valence-corrected chi connectivity index (χ4v) is 2.97. The van der Waals surface area contributed by atoms with Gasteiger partial charge in [-0.3, -0.25) is 9.59 Å². The predicted octanol–water partition coefficient (Wildman–Crippen LogP) is 3.48. The Balaban J connectivity index is 2.19. The van der Waals surface area contributed by atoms with Crippen molar-refractivity contribution in [3.63, 3.8) is 0 Å². The Morgan fingerprint density at radius 1 is 1.26 bits per heavy atom. The third-order valence-electron chi connectivity index (χ3n) is 3.54. The minimum absolute atomic E-state index is 0.293. The summed E-state index contributed by atoms with van der Waals surface area (Å²) in [5.74, 6) is -0.914. The number of hydrogen-bond acceptors (Lipinski definition) is 4. The molecule has 2 rings (SSSR count). The van der Waals surface area contributed by atoms with Crippen molar-refractivity contribution < 1.29 is 14.7 Å². The van der Waals surface area contributed by atoms with Gasteiger partial charge in [-0.15, -0.1) is 11.3 Å². The van der Waals surface area contributed by atoms with E-state index in [1.54, 1.807) is 12.3 Å². The number of aliphatic carboxylic acids is 1. The molecular formula is C17H20N2O3S. The van der Waals surface area contributed by atoms with Crippen LogP contribution in [0.4, 0.5) is 0 Å². The van der Waals surface area contributed by atoms with Gasteiger partial charge in [0.15, 0.2) is 0 Å². The Bertz CT molecular complexity index is 692. The van der Waals surface area contributed by atoms with Gasteiger partial charge >= 0.3 is 5.97 Å². The van der Waals surface area contributed by atoms with E-state index in [1.807, 2.05) is 12.1 Å². The summed E-state index contributed by atoms with van der Waals surface area (Å²) in [7, 11) is 0. The Hall–Kier alpha value is -2.21. The Morgan fingerprint density at radius 2 is 1.91 bits per heavy atom. The second kappa shape index (κ2) is 7.37. The van der Waals surface area contributed by atoms with E-state index in [9.17, 15) is 9.59 Å². The highest BCUT2D eigenvalue weighted by Gasteiger charge is 2.20. The maximum Gasteiger partial charge on any atom is 0.323 e. The SMILES string of the molecule is CCN(CC(=O)O)C(=O)c1csc(-c2ccc(C(C)C)cc2)n1. The molecule has 5 nitrogen and oxygen atoms in total. The molecule has 0 unspecified atom stereocenters. The zero-order chi connectivity index (χ0) is 17.0. The van der Waals surface area contributed by atoms with Gasteiger partial charge in [-0.05, 0) is 18.4 Å². The number of rotatable bonds is 6. The molecule has 1 heterocycles. The summed E-state index contributed by atoms with van der Waals surface area (Å²) in [6.07, 6.45) is 0. The number of carboxylic acid groups (broad SMARTS) is 1. The molecule has 1 amide bonds. The smallest absolute Gasteiger partial charge is 0.323 e. The maximum atomic E-state index is 12.3. The number of carbonyl (C=O) groups excluding carboxylic acids is 1. The molecule has 0 radical (unpaired) electrons. The van der Waals surface area contributed by atoms with E-state index < -0.39 is 5.97 Å². The van der Waals surface area contributed by atoms with Gasteiger partial charge in [-0.25, -0.2) is 4.98 Å². The van der Waals surface area contributed by atoms with Crippen LogP contribution < -0.4 is 0 Å². The summed E-state index contributed by atoms with van der Waals surface area (Å²) in [6.45, 7) is 6.04. The highest BCUT2D eigenvalue weighted by atomic mass is 32.1. The number of benzene rings is 1. The minimum Gasteiger partial charge on any atom is -0.480 e. The zero-order valence-corrected chi connectivity index (χ0v) is 14.3. The quantitative estimate of drug-likeness (QED) is 0.879. The average Bonchev–Trinajstić information content (AvgIpc) is 3.01. The molecule has 0 saturated heterocycles. The van der Waals surface area contributed by atoms with Crippen molar-refractivity contribution in [2.75, 3.05) is 13.1 Å². The molecule has 0 aliphatic heterocycles. The van der Waals surface area contributed by atoms with Gasteiger partial charge < -0.3 is 10.0 Å². The van der Waals surface area contributed by atoms with Crippen molar-refractivity contribution in [1.82, 2.24) is 9.88 Å². The molecule has 1 aromatic heterocycles. The lowest BCUT2D eigenvalue weighted by atomic mass is 10.0. The molecule has 0 saturated carbocycles. The van der Waals surface area contributed by atoms with Gasteiger partial charge in [0.25, 0.3) is 5.91 Å². The lowest BCUT2D eigenvalue weighted by molar-refractivity contribution is -0.137. The van der Waals surface area contributed by atoms with Crippen LogP contribution in [-0.2, 0) is 4.79 Å². The molecule has 2 aromatic rings. The summed E-state index contributed by atoms with van der Waals surface area (Å²) >= 11 is 1.39. The van der Waals surface area contributed by atoms with E-state index in [-0.39, 0.29) is 12.5 Å². The van der Waals surface area contributed by atoms with Crippen LogP contribution in [0.2, 0.25) is 0 Å². The van der Waals surface area contributed by atoms with Crippen LogP contribution in [0.25, 0.3) is 10.6 Å². The predicted molar refractivity (Wildman–Crippen MR) is 90.9 cm³/mol. The highest BCUT2D eigenvalue weighted by molar-refractivity contribution is 7.13. The van der Waals surface area contributed by atoms with Crippen molar-refractivity contribution in [2.24, 2.45) is 0 Å². The lowest BCUT2D eigenvalue weighted by Crippen LogP contribution is -2.35. The first-order valence-corrected chi connectivity index (χ1v) is 8.37. The van der Waals surface area contributed by atoms with Gasteiger partial charge in [0.2, 0.25) is 0 Å². The first-order chi connectivity index (χ1) is 10.9. The Morgan fingerprint density at radius 3 is 2.43 bits per heavy atom. The van der Waals surface area contributed by atoms with Crippen LogP contribution in [-0.4, -0.2) is 40.0 Å². The van der Waals surface area contributed by atoms with Gasteiger partial charge in [0.05, 0.1) is 0 Å². The topological polar surface area (TPSA) is 70.5 Å². The van der Waals surface area contributed by atoms with Crippen LogP contribution in [0.1, 0.15) is 42.7 Å². The molecule has 0 atom stereocenters. The van der Waals surface area contributed by atoms with Crippen molar-refractivity contribution >= 4 is 23.2 Å². The molecule has 23 heavy (non-hydrogen) atoms. The van der Waals surface area contributed by atoms with E-state index in [2.05, 4.69) is 31.0 Å². The maximum absolute atomic E-state index is 12.3. The fraction of sp³-hybridized carbons (Fsp3) is 0.353. The normalized spacial score (nSPS) is 10.8. The van der Waals surface area contributed by atoms with Crippen LogP contribution in [0.3, 0.4) is 0 Å². The number of hydrogen-bond donors (Lipinski definition) is 1. The monoisotopic (exact) mass is 332 g/mol. The van der Waals surface area contributed by atoms with Crippen molar-refractivity contribution in [1.29, 1.82) is 0 Å². The third kappa shape index (κ3) is 4.16. The van der Waals surface area contributed by atoms with Crippen molar-refractivity contribution in [2.45, 2.75) is 26.7 Å². The van der Waals surface area contributed by atoms with E-state index in [0.717, 1.165) is 10.6 Å². The standard InChI is InChI=1S/C17H20N2O3S/c1-4-19(9-15(20)21)17(22)14-10-23-16(18-14)13-7-5-12(6-8-13)11(2)3/h5-8,10-11H,4,9H2,1-3H3,(H,20,21). The summed E-state index contributed by atoms with van der Waals surface area (Å²) in [5.41, 5.74) is 2.50. The molecule has 6 heteroatoms. The van der Waals surface area contributed by atoms with Gasteiger partial charge in [0.1, 0.15) is 17.2 Å². The summed E-state index contributed by atoms with van der Waals surface area (Å²) in [5, 5.41) is 11.3. The van der Waals surface area contributed by atoms with Crippen molar-refractivity contribution in [3.8, 4) is 10.6 Å². The van der Waals surface area contributed by atoms with Crippen LogP contribution >= 0.6 is 11.3 Å². The summed E-state index contributed by atoms with van der Waals surface area (Å²) < 4.78 is 0. The summed E-state index contributed by atoms with van der Waals surface area (Å²) in [6, 6.07) is 8.12. The molecule has 1 N–H and O–H groups in total. The van der Waals surface area contributed by atoms with Gasteiger partial charge in [-0.1, -0.05) is 38.1 Å². The van der Waals surface area contributed by atoms with Gasteiger partial charge in [0, 0.05) is 17.5 Å². The van der Waals surface area contributed by atoms with E-state index in [1.165, 1.54) is 21.8 Å². The average molecular weight is 332 g/mol. The van der Waals surface area contributed by atoms with E-state index in [4.69, 9.17) is 5.11 Å². The molecule has 122 valence electrons. The molecule has 1 aromatic carbocycles. The number of carboxylic acids is 1. The number of carbonyl (C=O) groups is 2. The van der Waals surface area contributed by atoms with Crippen molar-refractivity contribution in [3.05, 3.63) is 40.9 Å². The summed E-state index contributed by atoms with van der Waals surface area (Å²) in [4.78, 5) is 28.7. The lowest BCUT2D eigenvalue weighted by Gasteiger charge is -2.16. The first-order valence-electron chi connectivity index (χ1n) is 7.49. The molecule has 0 bridgehead atoms. The molecular weight excluding hydrogens is 312 g/mol. The fourth-order valence-electron chi connectivity index (χ4n) is 2.17. The number of thiazole rings is 1. The minimum atomic E-state index is -1.03. The van der Waals surface area contributed by atoms with Crippen LogP contribution in [0.15, 0.2) is 29.6 Å². The van der Waals surface area contributed by atoms with Crippen LogP contribution in [0.5, 0.6) is 0 Å². The number of amides is 1. The van der Waals surface area contributed by atoms with E-state index >= 15 is 0 Å². The highest BCUT2D eigenvalue weighted by Crippen LogP contribution is 2.26. The number of likely N-dealkylation sites (N-methyl/N-ethyl adjacent to an activating group) is 1. The molecule has 0 aliphatic carbocycles. The Labute approximate surface area is 139 Å².